The van der Waals surface area contributed by atoms with E-state index >= 15 is 0 Å². The van der Waals surface area contributed by atoms with Crippen molar-refractivity contribution < 1.29 is 9.52 Å². The van der Waals surface area contributed by atoms with Crippen molar-refractivity contribution in [3.63, 3.8) is 0 Å². The number of furan rings is 1. The van der Waals surface area contributed by atoms with Gasteiger partial charge in [-0.2, -0.15) is 11.8 Å². The molecule has 0 amide bonds. The maximum atomic E-state index is 8.94. The van der Waals surface area contributed by atoms with Gasteiger partial charge in [0.15, 0.2) is 0 Å². The summed E-state index contributed by atoms with van der Waals surface area (Å²) in [4.78, 5) is 0. The topological polar surface area (TPSA) is 45.4 Å². The van der Waals surface area contributed by atoms with Gasteiger partial charge < -0.3 is 14.8 Å². The predicted molar refractivity (Wildman–Crippen MR) is 59.5 cm³/mol. The van der Waals surface area contributed by atoms with Gasteiger partial charge in [-0.3, -0.25) is 0 Å². The molecule has 4 heteroatoms. The number of hydrogen-bond acceptors (Lipinski definition) is 4. The van der Waals surface area contributed by atoms with E-state index in [9.17, 15) is 0 Å². The summed E-state index contributed by atoms with van der Waals surface area (Å²) in [6.45, 7) is 2.22. The number of aliphatic hydroxyl groups is 1. The van der Waals surface area contributed by atoms with Gasteiger partial charge in [-0.25, -0.2) is 0 Å². The molecule has 14 heavy (non-hydrogen) atoms. The van der Waals surface area contributed by atoms with Crippen LogP contribution in [0.25, 0.3) is 0 Å². The molecular formula is C10H17NO2S. The van der Waals surface area contributed by atoms with Gasteiger partial charge >= 0.3 is 0 Å². The Kier molecular flexibility index (Phi) is 5.07. The van der Waals surface area contributed by atoms with E-state index in [0.29, 0.717) is 0 Å². The Morgan fingerprint density at radius 1 is 1.64 bits per heavy atom. The van der Waals surface area contributed by atoms with Crippen molar-refractivity contribution in [2.75, 3.05) is 19.4 Å². The van der Waals surface area contributed by atoms with Gasteiger partial charge in [0.2, 0.25) is 0 Å². The molecule has 1 unspecified atom stereocenters. The van der Waals surface area contributed by atoms with Crippen molar-refractivity contribution in [3.8, 4) is 0 Å². The van der Waals surface area contributed by atoms with Gasteiger partial charge in [-0.05, 0) is 25.6 Å². The largest absolute Gasteiger partial charge is 0.468 e. The zero-order chi connectivity index (χ0) is 10.4. The van der Waals surface area contributed by atoms with Crippen molar-refractivity contribution in [2.45, 2.75) is 18.7 Å². The summed E-state index contributed by atoms with van der Waals surface area (Å²) in [6, 6.07) is 2.15. The number of thioether (sulfide) groups is 1. The highest BCUT2D eigenvalue weighted by Gasteiger charge is 2.06. The highest BCUT2D eigenvalue weighted by molar-refractivity contribution is 7.98. The molecule has 1 heterocycles. The van der Waals surface area contributed by atoms with Gasteiger partial charge in [-0.15, -0.1) is 0 Å². The summed E-state index contributed by atoms with van der Waals surface area (Å²) >= 11 is 1.77. The minimum Gasteiger partial charge on any atom is -0.468 e. The summed E-state index contributed by atoms with van der Waals surface area (Å²) < 4.78 is 5.31. The van der Waals surface area contributed by atoms with Gasteiger partial charge in [0.1, 0.15) is 5.76 Å². The molecule has 2 N–H and O–H groups in total. The Labute approximate surface area is 88.9 Å². The maximum absolute atomic E-state index is 8.94. The fourth-order valence-corrected chi connectivity index (χ4v) is 2.23. The Balaban J connectivity index is 2.24. The molecule has 0 fully saturated rings. The van der Waals surface area contributed by atoms with Crippen molar-refractivity contribution in [1.29, 1.82) is 0 Å². The van der Waals surface area contributed by atoms with Crippen molar-refractivity contribution in [3.05, 3.63) is 23.7 Å². The number of aliphatic hydroxyl groups excluding tert-OH is 1. The molecule has 0 radical (unpaired) electrons. The second-order valence-corrected chi connectivity index (χ2v) is 4.24. The van der Waals surface area contributed by atoms with Gasteiger partial charge in [0.25, 0.3) is 0 Å². The third kappa shape index (κ3) is 3.36. The number of nitrogens with one attached hydrogen (secondary N) is 1. The molecule has 0 aliphatic heterocycles. The lowest BCUT2D eigenvalue weighted by Crippen LogP contribution is -2.31. The third-order valence-electron chi connectivity index (χ3n) is 2.15. The third-order valence-corrected chi connectivity index (χ3v) is 3.25. The molecule has 1 aromatic heterocycles. The maximum Gasteiger partial charge on any atom is 0.116 e. The molecular weight excluding hydrogens is 198 g/mol. The van der Waals surface area contributed by atoms with Crippen LogP contribution in [0.5, 0.6) is 0 Å². The van der Waals surface area contributed by atoms with E-state index in [-0.39, 0.29) is 12.6 Å². The van der Waals surface area contributed by atoms with Crippen LogP contribution >= 0.6 is 11.8 Å². The fourth-order valence-electron chi connectivity index (χ4n) is 1.07. The highest BCUT2D eigenvalue weighted by Crippen LogP contribution is 2.17. The van der Waals surface area contributed by atoms with Crippen LogP contribution in [0.3, 0.4) is 0 Å². The van der Waals surface area contributed by atoms with E-state index < -0.39 is 0 Å². The van der Waals surface area contributed by atoms with Gasteiger partial charge in [0, 0.05) is 11.8 Å². The Morgan fingerprint density at radius 3 is 2.93 bits per heavy atom. The molecule has 0 aliphatic carbocycles. The van der Waals surface area contributed by atoms with Crippen LogP contribution in [0.2, 0.25) is 0 Å². The fraction of sp³-hybridized carbons (Fsp3) is 0.600. The molecule has 1 rings (SSSR count). The van der Waals surface area contributed by atoms with E-state index in [1.54, 1.807) is 18.0 Å². The SMILES string of the molecule is CNC(CO)CSCc1occc1C. The summed E-state index contributed by atoms with van der Waals surface area (Å²) in [6.07, 6.45) is 1.72. The molecule has 3 nitrogen and oxygen atoms in total. The number of rotatable bonds is 6. The van der Waals surface area contributed by atoms with Crippen molar-refractivity contribution >= 4 is 11.8 Å². The van der Waals surface area contributed by atoms with Crippen LogP contribution in [-0.2, 0) is 5.75 Å². The van der Waals surface area contributed by atoms with E-state index in [2.05, 4.69) is 5.32 Å². The molecule has 0 saturated carbocycles. The van der Waals surface area contributed by atoms with Crippen LogP contribution in [0.1, 0.15) is 11.3 Å². The van der Waals surface area contributed by atoms with Crippen LogP contribution in [0, 0.1) is 6.92 Å². The van der Waals surface area contributed by atoms with Gasteiger partial charge in [-0.1, -0.05) is 0 Å². The first-order valence-corrected chi connectivity index (χ1v) is 5.82. The molecule has 1 aromatic rings. The highest BCUT2D eigenvalue weighted by atomic mass is 32.2. The monoisotopic (exact) mass is 215 g/mol. The van der Waals surface area contributed by atoms with Crippen LogP contribution in [-0.4, -0.2) is 30.6 Å². The summed E-state index contributed by atoms with van der Waals surface area (Å²) in [5, 5.41) is 12.0. The zero-order valence-corrected chi connectivity index (χ0v) is 9.43. The molecule has 0 aromatic carbocycles. The lowest BCUT2D eigenvalue weighted by atomic mass is 10.3. The molecule has 0 aliphatic rings. The molecule has 0 bridgehead atoms. The number of aryl methyl sites for hydroxylation is 1. The summed E-state index contributed by atoms with van der Waals surface area (Å²) in [5.41, 5.74) is 1.20. The molecule has 1 atom stereocenters. The summed E-state index contributed by atoms with van der Waals surface area (Å²) in [5.74, 6) is 2.80. The van der Waals surface area contributed by atoms with E-state index in [4.69, 9.17) is 9.52 Å². The number of hydrogen-bond donors (Lipinski definition) is 2. The smallest absolute Gasteiger partial charge is 0.116 e. The van der Waals surface area contributed by atoms with E-state index in [0.717, 1.165) is 17.3 Å². The summed E-state index contributed by atoms with van der Waals surface area (Å²) in [7, 11) is 1.86. The van der Waals surface area contributed by atoms with Crippen LogP contribution in [0.4, 0.5) is 0 Å². The van der Waals surface area contributed by atoms with Crippen molar-refractivity contribution in [2.24, 2.45) is 0 Å². The Bertz CT molecular complexity index is 258. The van der Waals surface area contributed by atoms with Gasteiger partial charge in [0.05, 0.1) is 18.6 Å². The predicted octanol–water partition coefficient (Wildman–Crippen LogP) is 1.40. The second-order valence-electron chi connectivity index (χ2n) is 3.21. The van der Waals surface area contributed by atoms with Crippen LogP contribution < -0.4 is 5.32 Å². The molecule has 0 spiro atoms. The average molecular weight is 215 g/mol. The Hall–Kier alpha value is -0.450. The quantitative estimate of drug-likeness (QED) is 0.753. The Morgan fingerprint density at radius 2 is 2.43 bits per heavy atom. The minimum atomic E-state index is 0.176. The molecule has 80 valence electrons. The number of likely N-dealkylation sites (N-methyl/N-ethyl adjacent to an activating group) is 1. The molecule has 0 saturated heterocycles. The lowest BCUT2D eigenvalue weighted by Gasteiger charge is -2.11. The zero-order valence-electron chi connectivity index (χ0n) is 8.62. The normalized spacial score (nSPS) is 13.1. The van der Waals surface area contributed by atoms with E-state index in [1.165, 1.54) is 5.56 Å². The average Bonchev–Trinajstić information content (AvgIpc) is 2.59. The van der Waals surface area contributed by atoms with E-state index in [1.807, 2.05) is 20.0 Å². The first kappa shape index (κ1) is 11.6. The first-order valence-electron chi connectivity index (χ1n) is 4.66. The standard InChI is InChI=1S/C10H17NO2S/c1-8-3-4-13-10(8)7-14-6-9(5-12)11-2/h3-4,9,11-12H,5-7H2,1-2H3. The first-order chi connectivity index (χ1) is 6.77. The minimum absolute atomic E-state index is 0.176. The van der Waals surface area contributed by atoms with Crippen LogP contribution in [0.15, 0.2) is 16.7 Å². The second kappa shape index (κ2) is 6.11. The van der Waals surface area contributed by atoms with Crippen molar-refractivity contribution in [1.82, 2.24) is 5.32 Å². The lowest BCUT2D eigenvalue weighted by molar-refractivity contribution is 0.260.